The van der Waals surface area contributed by atoms with Crippen molar-refractivity contribution >= 4 is 17.7 Å². The maximum absolute atomic E-state index is 11.8. The number of thioether (sulfide) groups is 1. The first-order chi connectivity index (χ1) is 10.7. The monoisotopic (exact) mass is 313 g/mol. The smallest absolute Gasteiger partial charge is 0.220 e. The largest absolute Gasteiger partial charge is 0.356 e. The van der Waals surface area contributed by atoms with Gasteiger partial charge in [0.2, 0.25) is 5.91 Å². The summed E-state index contributed by atoms with van der Waals surface area (Å²) in [7, 11) is 0. The first kappa shape index (κ1) is 16.6. The zero-order chi connectivity index (χ0) is 15.6. The summed E-state index contributed by atoms with van der Waals surface area (Å²) in [5.74, 6) is 1.98. The van der Waals surface area contributed by atoms with Crippen molar-refractivity contribution in [3.05, 3.63) is 71.3 Å². The molecule has 0 bridgehead atoms. The van der Waals surface area contributed by atoms with Crippen LogP contribution in [0.15, 0.2) is 54.6 Å². The fourth-order valence-corrected chi connectivity index (χ4v) is 3.02. The van der Waals surface area contributed by atoms with Crippen LogP contribution in [0.25, 0.3) is 0 Å². The summed E-state index contributed by atoms with van der Waals surface area (Å²) in [6.07, 6.45) is 1.48. The van der Waals surface area contributed by atoms with Gasteiger partial charge in [-0.25, -0.2) is 0 Å². The summed E-state index contributed by atoms with van der Waals surface area (Å²) in [5.41, 5.74) is 3.86. The van der Waals surface area contributed by atoms with Crippen LogP contribution in [-0.2, 0) is 17.0 Å². The number of carbonyl (C=O) groups is 1. The number of aryl methyl sites for hydroxylation is 1. The van der Waals surface area contributed by atoms with Gasteiger partial charge < -0.3 is 5.32 Å². The molecule has 1 amide bonds. The maximum atomic E-state index is 11.8. The predicted octanol–water partition coefficient (Wildman–Crippen LogP) is 3.98. The van der Waals surface area contributed by atoms with E-state index in [4.69, 9.17) is 0 Å². The van der Waals surface area contributed by atoms with Gasteiger partial charge in [0.05, 0.1) is 0 Å². The minimum atomic E-state index is 0.146. The average Bonchev–Trinajstić information content (AvgIpc) is 2.54. The summed E-state index contributed by atoms with van der Waals surface area (Å²) in [6, 6.07) is 18.8. The summed E-state index contributed by atoms with van der Waals surface area (Å²) in [5, 5.41) is 2.99. The molecule has 2 aromatic rings. The van der Waals surface area contributed by atoms with E-state index in [0.29, 0.717) is 13.0 Å². The van der Waals surface area contributed by atoms with Crippen LogP contribution in [0.1, 0.15) is 23.1 Å². The first-order valence-corrected chi connectivity index (χ1v) is 8.83. The SMILES string of the molecule is Cc1ccc(CSCCC(=O)NCCc2ccccc2)cc1. The number of hydrogen-bond donors (Lipinski definition) is 1. The molecule has 0 aromatic heterocycles. The third kappa shape index (κ3) is 6.35. The number of amides is 1. The molecule has 0 saturated heterocycles. The van der Waals surface area contributed by atoms with E-state index < -0.39 is 0 Å². The zero-order valence-corrected chi connectivity index (χ0v) is 13.9. The molecule has 0 aliphatic carbocycles. The molecule has 0 atom stereocenters. The normalized spacial score (nSPS) is 10.4. The molecule has 0 aliphatic rings. The number of carbonyl (C=O) groups excluding carboxylic acids is 1. The van der Waals surface area contributed by atoms with Crippen molar-refractivity contribution in [2.45, 2.75) is 25.5 Å². The van der Waals surface area contributed by atoms with Crippen LogP contribution in [0.3, 0.4) is 0 Å². The molecule has 0 aliphatic heterocycles. The lowest BCUT2D eigenvalue weighted by Crippen LogP contribution is -2.25. The minimum Gasteiger partial charge on any atom is -0.356 e. The van der Waals surface area contributed by atoms with Crippen LogP contribution in [0.4, 0.5) is 0 Å². The van der Waals surface area contributed by atoms with Crippen LogP contribution in [-0.4, -0.2) is 18.2 Å². The molecule has 0 spiro atoms. The highest BCUT2D eigenvalue weighted by atomic mass is 32.2. The molecular formula is C19H23NOS. The number of nitrogens with one attached hydrogen (secondary N) is 1. The molecule has 2 aromatic carbocycles. The highest BCUT2D eigenvalue weighted by molar-refractivity contribution is 7.98. The van der Waals surface area contributed by atoms with Crippen molar-refractivity contribution in [1.29, 1.82) is 0 Å². The molecule has 0 fully saturated rings. The Balaban J connectivity index is 1.55. The molecular weight excluding hydrogens is 290 g/mol. The molecule has 22 heavy (non-hydrogen) atoms. The molecule has 3 heteroatoms. The minimum absolute atomic E-state index is 0.146. The van der Waals surface area contributed by atoms with Gasteiger partial charge in [0, 0.05) is 24.5 Å². The number of benzene rings is 2. The van der Waals surface area contributed by atoms with Crippen LogP contribution in [0, 0.1) is 6.92 Å². The van der Waals surface area contributed by atoms with Crippen LogP contribution in [0.5, 0.6) is 0 Å². The number of rotatable bonds is 8. The Kier molecular flexibility index (Phi) is 7.04. The van der Waals surface area contributed by atoms with Crippen molar-refractivity contribution in [2.75, 3.05) is 12.3 Å². The van der Waals surface area contributed by atoms with Gasteiger partial charge in [0.25, 0.3) is 0 Å². The van der Waals surface area contributed by atoms with Gasteiger partial charge in [0.15, 0.2) is 0 Å². The quantitative estimate of drug-likeness (QED) is 0.747. The van der Waals surface area contributed by atoms with Gasteiger partial charge in [-0.2, -0.15) is 11.8 Å². The maximum Gasteiger partial charge on any atom is 0.220 e. The van der Waals surface area contributed by atoms with Gasteiger partial charge >= 0.3 is 0 Å². The molecule has 0 unspecified atom stereocenters. The summed E-state index contributed by atoms with van der Waals surface area (Å²) in [4.78, 5) is 11.8. The molecule has 0 saturated carbocycles. The fraction of sp³-hybridized carbons (Fsp3) is 0.316. The van der Waals surface area contributed by atoms with Gasteiger partial charge in [-0.05, 0) is 24.5 Å². The Hall–Kier alpha value is -1.74. The third-order valence-corrected chi connectivity index (χ3v) is 4.47. The standard InChI is InChI=1S/C19H23NOS/c1-16-7-9-18(10-8-16)15-22-14-12-19(21)20-13-11-17-5-3-2-4-6-17/h2-10H,11-15H2,1H3,(H,20,21). The Morgan fingerprint density at radius 3 is 2.45 bits per heavy atom. The van der Waals surface area contributed by atoms with E-state index in [-0.39, 0.29) is 5.91 Å². The average molecular weight is 313 g/mol. The molecule has 0 heterocycles. The molecule has 0 radical (unpaired) electrons. The first-order valence-electron chi connectivity index (χ1n) is 7.68. The lowest BCUT2D eigenvalue weighted by atomic mass is 10.1. The fourth-order valence-electron chi connectivity index (χ4n) is 2.12. The van der Waals surface area contributed by atoms with Crippen LogP contribution >= 0.6 is 11.8 Å². The zero-order valence-electron chi connectivity index (χ0n) is 13.0. The van der Waals surface area contributed by atoms with Crippen molar-refractivity contribution in [1.82, 2.24) is 5.32 Å². The Morgan fingerprint density at radius 1 is 1.00 bits per heavy atom. The van der Waals surface area contributed by atoms with Crippen molar-refractivity contribution < 1.29 is 4.79 Å². The van der Waals surface area contributed by atoms with E-state index in [1.807, 2.05) is 30.0 Å². The Morgan fingerprint density at radius 2 is 1.73 bits per heavy atom. The molecule has 2 nitrogen and oxygen atoms in total. The van der Waals surface area contributed by atoms with Gasteiger partial charge in [-0.15, -0.1) is 0 Å². The Labute approximate surface area is 137 Å². The van der Waals surface area contributed by atoms with Gasteiger partial charge in [-0.1, -0.05) is 60.2 Å². The highest BCUT2D eigenvalue weighted by Crippen LogP contribution is 2.13. The lowest BCUT2D eigenvalue weighted by molar-refractivity contribution is -0.120. The second kappa shape index (κ2) is 9.31. The van der Waals surface area contributed by atoms with Crippen molar-refractivity contribution in [2.24, 2.45) is 0 Å². The van der Waals surface area contributed by atoms with E-state index >= 15 is 0 Å². The van der Waals surface area contributed by atoms with E-state index in [1.165, 1.54) is 16.7 Å². The molecule has 2 rings (SSSR count). The van der Waals surface area contributed by atoms with E-state index in [1.54, 1.807) is 0 Å². The second-order valence-electron chi connectivity index (χ2n) is 5.37. The van der Waals surface area contributed by atoms with Crippen molar-refractivity contribution in [3.8, 4) is 0 Å². The van der Waals surface area contributed by atoms with E-state index in [9.17, 15) is 4.79 Å². The molecule has 116 valence electrons. The third-order valence-electron chi connectivity index (χ3n) is 3.44. The summed E-state index contributed by atoms with van der Waals surface area (Å²) < 4.78 is 0. The van der Waals surface area contributed by atoms with E-state index in [0.717, 1.165) is 17.9 Å². The predicted molar refractivity (Wildman–Crippen MR) is 95.1 cm³/mol. The van der Waals surface area contributed by atoms with E-state index in [2.05, 4.69) is 48.6 Å². The Bertz CT molecular complexity index is 566. The van der Waals surface area contributed by atoms with Gasteiger partial charge in [0.1, 0.15) is 0 Å². The second-order valence-corrected chi connectivity index (χ2v) is 6.48. The van der Waals surface area contributed by atoms with Crippen LogP contribution in [0.2, 0.25) is 0 Å². The van der Waals surface area contributed by atoms with Gasteiger partial charge in [-0.3, -0.25) is 4.79 Å². The van der Waals surface area contributed by atoms with Crippen LogP contribution < -0.4 is 5.32 Å². The summed E-state index contributed by atoms with van der Waals surface area (Å²) in [6.45, 7) is 2.81. The highest BCUT2D eigenvalue weighted by Gasteiger charge is 2.01. The summed E-state index contributed by atoms with van der Waals surface area (Å²) >= 11 is 1.81. The van der Waals surface area contributed by atoms with Crippen molar-refractivity contribution in [3.63, 3.8) is 0 Å². The molecule has 1 N–H and O–H groups in total. The number of hydrogen-bond acceptors (Lipinski definition) is 2. The topological polar surface area (TPSA) is 29.1 Å². The lowest BCUT2D eigenvalue weighted by Gasteiger charge is -2.06.